The third-order valence-corrected chi connectivity index (χ3v) is 2.60. The van der Waals surface area contributed by atoms with E-state index < -0.39 is 29.3 Å². The number of carbonyl (C=O) groups excluding carboxylic acids is 2. The van der Waals surface area contributed by atoms with Crippen LogP contribution in [-0.2, 0) is 14.3 Å². The van der Waals surface area contributed by atoms with Crippen molar-refractivity contribution in [2.45, 2.75) is 38.8 Å². The molecule has 1 aliphatic rings. The third-order valence-electron chi connectivity index (χ3n) is 2.60. The number of carbonyl (C=O) groups is 3. The quantitative estimate of drug-likeness (QED) is 0.744. The molecule has 0 aromatic rings. The van der Waals surface area contributed by atoms with Crippen molar-refractivity contribution in [1.82, 2.24) is 10.2 Å². The Kier molecular flexibility index (Phi) is 4.46. The van der Waals surface area contributed by atoms with Gasteiger partial charge in [0.05, 0.1) is 19.7 Å². The maximum Gasteiger partial charge on any atom is 0.408 e. The molecule has 8 heteroatoms. The van der Waals surface area contributed by atoms with Gasteiger partial charge in [0.15, 0.2) is 5.54 Å². The molecule has 1 rings (SSSR count). The van der Waals surface area contributed by atoms with E-state index in [1.54, 1.807) is 27.7 Å². The molecule has 2 amide bonds. The molecule has 2 N–H and O–H groups in total. The third kappa shape index (κ3) is 3.75. The Labute approximate surface area is 117 Å². The molecule has 1 fully saturated rings. The largest absolute Gasteiger partial charge is 0.465 e. The Morgan fingerprint density at radius 2 is 1.85 bits per heavy atom. The Balaban J connectivity index is 2.74. The van der Waals surface area contributed by atoms with Crippen molar-refractivity contribution in [2.75, 3.05) is 19.7 Å². The number of nitrogens with one attached hydrogen (secondary N) is 1. The first kappa shape index (κ1) is 16.1. The van der Waals surface area contributed by atoms with E-state index in [9.17, 15) is 14.4 Å². The highest BCUT2D eigenvalue weighted by Gasteiger charge is 2.54. The summed E-state index contributed by atoms with van der Waals surface area (Å²) in [5, 5.41) is 11.2. The Bertz CT molecular complexity index is 409. The summed E-state index contributed by atoms with van der Waals surface area (Å²) >= 11 is 0. The fraction of sp³-hybridized carbons (Fsp3) is 0.750. The van der Waals surface area contributed by atoms with Gasteiger partial charge in [-0.15, -0.1) is 0 Å². The number of likely N-dealkylation sites (tertiary alicyclic amines) is 1. The predicted molar refractivity (Wildman–Crippen MR) is 68.3 cm³/mol. The predicted octanol–water partition coefficient (Wildman–Crippen LogP) is 0.807. The van der Waals surface area contributed by atoms with E-state index in [-0.39, 0.29) is 19.7 Å². The van der Waals surface area contributed by atoms with Crippen molar-refractivity contribution >= 4 is 18.2 Å². The summed E-state index contributed by atoms with van der Waals surface area (Å²) < 4.78 is 9.95. The van der Waals surface area contributed by atoms with Gasteiger partial charge in [-0.3, -0.25) is 0 Å². The number of amides is 2. The lowest BCUT2D eigenvalue weighted by molar-refractivity contribution is -0.157. The fourth-order valence-electron chi connectivity index (χ4n) is 1.77. The van der Waals surface area contributed by atoms with Crippen LogP contribution < -0.4 is 5.32 Å². The first-order chi connectivity index (χ1) is 9.09. The van der Waals surface area contributed by atoms with Crippen molar-refractivity contribution in [1.29, 1.82) is 0 Å². The number of hydrogen-bond acceptors (Lipinski definition) is 5. The summed E-state index contributed by atoms with van der Waals surface area (Å²) in [6, 6.07) is 0. The molecule has 1 saturated heterocycles. The first-order valence-electron chi connectivity index (χ1n) is 6.26. The van der Waals surface area contributed by atoms with Crippen LogP contribution in [0.25, 0.3) is 0 Å². The molecule has 1 aliphatic heterocycles. The van der Waals surface area contributed by atoms with Crippen LogP contribution in [0.2, 0.25) is 0 Å². The fourth-order valence-corrected chi connectivity index (χ4v) is 1.77. The van der Waals surface area contributed by atoms with Crippen molar-refractivity contribution in [3.63, 3.8) is 0 Å². The maximum absolute atomic E-state index is 11.9. The monoisotopic (exact) mass is 288 g/mol. The molecular formula is C12H20N2O6. The highest BCUT2D eigenvalue weighted by atomic mass is 16.6. The van der Waals surface area contributed by atoms with Gasteiger partial charge in [0.1, 0.15) is 5.60 Å². The second-order valence-electron chi connectivity index (χ2n) is 5.57. The number of hydrogen-bond donors (Lipinski definition) is 2. The van der Waals surface area contributed by atoms with Gasteiger partial charge in [-0.25, -0.2) is 14.4 Å². The molecular weight excluding hydrogens is 268 g/mol. The highest BCUT2D eigenvalue weighted by molar-refractivity contribution is 5.89. The van der Waals surface area contributed by atoms with Gasteiger partial charge >= 0.3 is 18.2 Å². The van der Waals surface area contributed by atoms with Gasteiger partial charge in [0.25, 0.3) is 0 Å². The Hall–Kier alpha value is -1.99. The topological polar surface area (TPSA) is 105 Å². The molecule has 0 saturated carbocycles. The summed E-state index contributed by atoms with van der Waals surface area (Å²) in [5.41, 5.74) is -2.08. The SMILES string of the molecule is CCOC(=O)C1(NC(=O)OC(C)(C)C)CN(C(=O)O)C1. The van der Waals surface area contributed by atoms with Crippen molar-refractivity contribution < 1.29 is 29.0 Å². The van der Waals surface area contributed by atoms with Crippen molar-refractivity contribution in [3.05, 3.63) is 0 Å². The van der Waals surface area contributed by atoms with Crippen LogP contribution in [0, 0.1) is 0 Å². The molecule has 0 aromatic heterocycles. The number of ether oxygens (including phenoxy) is 2. The van der Waals surface area contributed by atoms with Crippen LogP contribution in [0.1, 0.15) is 27.7 Å². The van der Waals surface area contributed by atoms with Crippen LogP contribution in [0.4, 0.5) is 9.59 Å². The van der Waals surface area contributed by atoms with Gasteiger partial charge in [-0.2, -0.15) is 0 Å². The Morgan fingerprint density at radius 1 is 1.30 bits per heavy atom. The highest BCUT2D eigenvalue weighted by Crippen LogP contribution is 2.23. The number of carboxylic acid groups (broad SMARTS) is 1. The molecule has 8 nitrogen and oxygen atoms in total. The standard InChI is InChI=1S/C12H20N2O6/c1-5-19-8(15)12(6-14(7-12)10(17)18)13-9(16)20-11(2,3)4/h5-7H2,1-4H3,(H,13,16)(H,17,18). The average molecular weight is 288 g/mol. The summed E-state index contributed by atoms with van der Waals surface area (Å²) in [5.74, 6) is -0.664. The zero-order chi connectivity index (χ0) is 15.6. The van der Waals surface area contributed by atoms with E-state index in [0.29, 0.717) is 0 Å². The minimum absolute atomic E-state index is 0.143. The van der Waals surface area contributed by atoms with Gasteiger partial charge in [-0.1, -0.05) is 0 Å². The molecule has 20 heavy (non-hydrogen) atoms. The number of rotatable bonds is 3. The molecule has 1 heterocycles. The van der Waals surface area contributed by atoms with E-state index in [1.807, 2.05) is 0 Å². The van der Waals surface area contributed by atoms with E-state index in [0.717, 1.165) is 4.90 Å². The summed E-state index contributed by atoms with van der Waals surface area (Å²) in [6.45, 7) is 6.53. The minimum atomic E-state index is -1.36. The summed E-state index contributed by atoms with van der Waals surface area (Å²) in [7, 11) is 0. The maximum atomic E-state index is 11.9. The van der Waals surface area contributed by atoms with Crippen LogP contribution in [0.3, 0.4) is 0 Å². The van der Waals surface area contributed by atoms with Crippen LogP contribution >= 0.6 is 0 Å². The number of nitrogens with zero attached hydrogens (tertiary/aromatic N) is 1. The van der Waals surface area contributed by atoms with Gasteiger partial charge in [0.2, 0.25) is 0 Å². The zero-order valence-corrected chi connectivity index (χ0v) is 12.1. The van der Waals surface area contributed by atoms with E-state index in [4.69, 9.17) is 14.6 Å². The lowest BCUT2D eigenvalue weighted by Gasteiger charge is -2.46. The molecule has 0 atom stereocenters. The van der Waals surface area contributed by atoms with Crippen LogP contribution in [0.5, 0.6) is 0 Å². The minimum Gasteiger partial charge on any atom is -0.465 e. The van der Waals surface area contributed by atoms with Gasteiger partial charge < -0.3 is 24.8 Å². The molecule has 0 unspecified atom stereocenters. The number of alkyl carbamates (subject to hydrolysis) is 1. The second kappa shape index (κ2) is 5.56. The van der Waals surface area contributed by atoms with E-state index in [1.165, 1.54) is 0 Å². The Morgan fingerprint density at radius 3 is 2.25 bits per heavy atom. The van der Waals surface area contributed by atoms with Crippen molar-refractivity contribution in [2.24, 2.45) is 0 Å². The lowest BCUT2D eigenvalue weighted by atomic mass is 9.90. The van der Waals surface area contributed by atoms with Crippen LogP contribution in [-0.4, -0.2) is 59.0 Å². The smallest absolute Gasteiger partial charge is 0.408 e. The van der Waals surface area contributed by atoms with Gasteiger partial charge in [0, 0.05) is 0 Å². The molecule has 0 radical (unpaired) electrons. The van der Waals surface area contributed by atoms with E-state index >= 15 is 0 Å². The molecule has 0 aromatic carbocycles. The lowest BCUT2D eigenvalue weighted by Crippen LogP contribution is -2.75. The van der Waals surface area contributed by atoms with Crippen molar-refractivity contribution in [3.8, 4) is 0 Å². The van der Waals surface area contributed by atoms with Gasteiger partial charge in [-0.05, 0) is 27.7 Å². The second-order valence-corrected chi connectivity index (χ2v) is 5.57. The van der Waals surface area contributed by atoms with E-state index in [2.05, 4.69) is 5.32 Å². The zero-order valence-electron chi connectivity index (χ0n) is 12.1. The summed E-state index contributed by atoms with van der Waals surface area (Å²) in [6.07, 6.45) is -1.94. The normalized spacial score (nSPS) is 16.9. The first-order valence-corrected chi connectivity index (χ1v) is 6.26. The molecule has 0 bridgehead atoms. The number of esters is 1. The average Bonchev–Trinajstić information content (AvgIpc) is 2.19. The molecule has 114 valence electrons. The summed E-state index contributed by atoms with van der Waals surface area (Å²) in [4.78, 5) is 35.5. The molecule has 0 aliphatic carbocycles. The molecule has 0 spiro atoms. The van der Waals surface area contributed by atoms with Crippen LogP contribution in [0.15, 0.2) is 0 Å².